The van der Waals surface area contributed by atoms with Crippen molar-refractivity contribution in [2.24, 2.45) is 5.92 Å². The summed E-state index contributed by atoms with van der Waals surface area (Å²) in [6.45, 7) is 0.567. The molecule has 11 nitrogen and oxygen atoms in total. The molecule has 0 saturated heterocycles. The van der Waals surface area contributed by atoms with Crippen LogP contribution in [0.2, 0.25) is 0 Å². The Bertz CT molecular complexity index is 1080. The lowest BCUT2D eigenvalue weighted by molar-refractivity contribution is -0.140. The molecule has 1 aromatic carbocycles. The first-order valence-corrected chi connectivity index (χ1v) is 10.3. The number of benzene rings is 1. The summed E-state index contributed by atoms with van der Waals surface area (Å²) in [5, 5.41) is 33.1. The second kappa shape index (κ2) is 10.1. The summed E-state index contributed by atoms with van der Waals surface area (Å²) in [5.74, 6) is -3.61. The number of hydrogen-bond donors (Lipinski definition) is 6. The molecule has 7 N–H and O–H groups in total. The van der Waals surface area contributed by atoms with Crippen molar-refractivity contribution in [1.82, 2.24) is 15.3 Å². The van der Waals surface area contributed by atoms with E-state index in [4.69, 9.17) is 15.9 Å². The van der Waals surface area contributed by atoms with Gasteiger partial charge in [-0.2, -0.15) is 9.97 Å². The minimum absolute atomic E-state index is 0.0278. The van der Waals surface area contributed by atoms with Gasteiger partial charge in [-0.3, -0.25) is 9.59 Å². The predicted octanol–water partition coefficient (Wildman–Crippen LogP) is 1.17. The second-order valence-corrected chi connectivity index (χ2v) is 7.83. The lowest BCUT2D eigenvalue weighted by Crippen LogP contribution is -2.41. The molecule has 0 saturated carbocycles. The number of nitrogens with zero attached hydrogens (tertiary/aromatic N) is 2. The van der Waals surface area contributed by atoms with E-state index < -0.39 is 36.1 Å². The highest BCUT2D eigenvalue weighted by molar-refractivity contribution is 5.96. The van der Waals surface area contributed by atoms with E-state index in [0.29, 0.717) is 42.8 Å². The van der Waals surface area contributed by atoms with Gasteiger partial charge in [-0.25, -0.2) is 9.18 Å². The van der Waals surface area contributed by atoms with Crippen LogP contribution in [0.15, 0.2) is 18.2 Å². The molecule has 33 heavy (non-hydrogen) atoms. The lowest BCUT2D eigenvalue weighted by atomic mass is 9.90. The number of carbonyl (C=O) groups is 3. The van der Waals surface area contributed by atoms with Crippen LogP contribution in [-0.4, -0.2) is 55.7 Å². The van der Waals surface area contributed by atoms with Crippen molar-refractivity contribution in [3.05, 3.63) is 40.7 Å². The van der Waals surface area contributed by atoms with Gasteiger partial charge in [0.25, 0.3) is 5.91 Å². The summed E-state index contributed by atoms with van der Waals surface area (Å²) in [4.78, 5) is 42.0. The molecule has 0 aliphatic carbocycles. The number of carboxylic acids is 2. The molecule has 176 valence electrons. The van der Waals surface area contributed by atoms with Gasteiger partial charge in [0.15, 0.2) is 0 Å². The molecule has 2 heterocycles. The van der Waals surface area contributed by atoms with Crippen LogP contribution >= 0.6 is 0 Å². The van der Waals surface area contributed by atoms with E-state index in [2.05, 4.69) is 20.6 Å². The zero-order valence-corrected chi connectivity index (χ0v) is 17.5. The van der Waals surface area contributed by atoms with Crippen LogP contribution in [-0.2, 0) is 22.4 Å². The zero-order valence-electron chi connectivity index (χ0n) is 17.5. The molecule has 0 spiro atoms. The number of aromatic nitrogens is 2. The van der Waals surface area contributed by atoms with Crippen LogP contribution in [0.4, 0.5) is 16.2 Å². The maximum atomic E-state index is 14.6. The summed E-state index contributed by atoms with van der Waals surface area (Å²) < 4.78 is 14.6. The van der Waals surface area contributed by atoms with Gasteiger partial charge in [0.2, 0.25) is 11.8 Å². The molecule has 0 bridgehead atoms. The van der Waals surface area contributed by atoms with Gasteiger partial charge < -0.3 is 31.7 Å². The van der Waals surface area contributed by atoms with Crippen LogP contribution in [0.3, 0.4) is 0 Å². The third-order valence-corrected chi connectivity index (χ3v) is 5.44. The van der Waals surface area contributed by atoms with E-state index in [9.17, 15) is 23.9 Å². The molecule has 1 unspecified atom stereocenters. The van der Waals surface area contributed by atoms with Gasteiger partial charge in [-0.1, -0.05) is 6.07 Å². The maximum absolute atomic E-state index is 14.6. The highest BCUT2D eigenvalue weighted by Gasteiger charge is 2.25. The fraction of sp³-hybridized carbons (Fsp3) is 0.381. The van der Waals surface area contributed by atoms with E-state index in [1.807, 2.05) is 0 Å². The Morgan fingerprint density at radius 2 is 2.03 bits per heavy atom. The van der Waals surface area contributed by atoms with Crippen molar-refractivity contribution in [2.45, 2.75) is 38.1 Å². The average Bonchev–Trinajstić information content (AvgIpc) is 2.75. The summed E-state index contributed by atoms with van der Waals surface area (Å²) in [6, 6.07) is 2.48. The molecule has 0 fully saturated rings. The number of aliphatic carboxylic acids is 2. The van der Waals surface area contributed by atoms with Crippen molar-refractivity contribution in [2.75, 3.05) is 17.6 Å². The number of hydrogen-bond acceptors (Lipinski definition) is 8. The number of nitrogens with one attached hydrogen (secondary N) is 2. The Balaban J connectivity index is 1.59. The van der Waals surface area contributed by atoms with Gasteiger partial charge in [0.05, 0.1) is 5.56 Å². The minimum Gasteiger partial charge on any atom is -0.493 e. The topological polar surface area (TPSA) is 188 Å². The zero-order chi connectivity index (χ0) is 24.1. The Morgan fingerprint density at radius 1 is 1.27 bits per heavy atom. The number of halogens is 1. The Kier molecular flexibility index (Phi) is 7.26. The number of carbonyl (C=O) groups excluding carboxylic acids is 1. The number of nitrogens with two attached hydrogens (primary N) is 1. The smallest absolute Gasteiger partial charge is 0.326 e. The Morgan fingerprint density at radius 3 is 2.70 bits per heavy atom. The van der Waals surface area contributed by atoms with Gasteiger partial charge in [-0.05, 0) is 49.3 Å². The number of aromatic hydroxyl groups is 1. The van der Waals surface area contributed by atoms with Crippen molar-refractivity contribution in [3.8, 4) is 5.88 Å². The number of carboxylic acid groups (broad SMARTS) is 2. The van der Waals surface area contributed by atoms with Gasteiger partial charge in [0, 0.05) is 18.5 Å². The Labute approximate surface area is 187 Å². The summed E-state index contributed by atoms with van der Waals surface area (Å²) >= 11 is 0. The fourth-order valence-corrected chi connectivity index (χ4v) is 3.65. The first-order chi connectivity index (χ1) is 15.6. The first kappa shape index (κ1) is 23.7. The first-order valence-electron chi connectivity index (χ1n) is 10.3. The monoisotopic (exact) mass is 461 g/mol. The van der Waals surface area contributed by atoms with Gasteiger partial charge in [-0.15, -0.1) is 0 Å². The van der Waals surface area contributed by atoms with Crippen molar-refractivity contribution in [1.29, 1.82) is 0 Å². The Hall–Kier alpha value is -3.96. The molecule has 1 aliphatic rings. The van der Waals surface area contributed by atoms with Crippen molar-refractivity contribution < 1.29 is 34.1 Å². The normalized spacial score (nSPS) is 15.7. The van der Waals surface area contributed by atoms with Gasteiger partial charge in [0.1, 0.15) is 17.7 Å². The highest BCUT2D eigenvalue weighted by atomic mass is 19.1. The molecule has 1 aromatic heterocycles. The van der Waals surface area contributed by atoms with E-state index in [0.717, 1.165) is 6.07 Å². The molecule has 3 rings (SSSR count). The largest absolute Gasteiger partial charge is 0.493 e. The second-order valence-electron chi connectivity index (χ2n) is 7.83. The fourth-order valence-electron chi connectivity index (χ4n) is 3.65. The summed E-state index contributed by atoms with van der Waals surface area (Å²) in [7, 11) is 0. The minimum atomic E-state index is -1.39. The predicted molar refractivity (Wildman–Crippen MR) is 114 cm³/mol. The lowest BCUT2D eigenvalue weighted by Gasteiger charge is -2.25. The third-order valence-electron chi connectivity index (χ3n) is 5.44. The van der Waals surface area contributed by atoms with Crippen LogP contribution in [0, 0.1) is 11.7 Å². The average molecular weight is 461 g/mol. The quantitative estimate of drug-likeness (QED) is 0.316. The van der Waals surface area contributed by atoms with E-state index >= 15 is 0 Å². The molecule has 1 aliphatic heterocycles. The van der Waals surface area contributed by atoms with Crippen LogP contribution in [0.25, 0.3) is 0 Å². The van der Waals surface area contributed by atoms with Crippen LogP contribution in [0.5, 0.6) is 5.88 Å². The number of nitrogen functional groups attached to an aromatic ring is 1. The van der Waals surface area contributed by atoms with Gasteiger partial charge >= 0.3 is 11.9 Å². The SMILES string of the molecule is Nc1nc(O)c2c(n1)NCC(CCc1ccc(C(=O)N[C@@H](CCC(=O)O)C(=O)O)cc1F)C2. The van der Waals surface area contributed by atoms with Crippen molar-refractivity contribution in [3.63, 3.8) is 0 Å². The number of amides is 1. The third kappa shape index (κ3) is 6.05. The summed E-state index contributed by atoms with van der Waals surface area (Å²) in [5.41, 5.74) is 6.41. The molecule has 1 amide bonds. The highest BCUT2D eigenvalue weighted by Crippen LogP contribution is 2.31. The maximum Gasteiger partial charge on any atom is 0.326 e. The van der Waals surface area contributed by atoms with Crippen LogP contribution < -0.4 is 16.4 Å². The molecular formula is C21H24FN5O6. The molecule has 2 aromatic rings. The van der Waals surface area contributed by atoms with E-state index in [1.165, 1.54) is 12.1 Å². The molecule has 2 atom stereocenters. The van der Waals surface area contributed by atoms with Crippen LogP contribution in [0.1, 0.15) is 40.7 Å². The summed E-state index contributed by atoms with van der Waals surface area (Å²) in [6.07, 6.45) is 0.756. The number of fused-ring (bicyclic) bond motifs is 1. The number of aryl methyl sites for hydroxylation is 1. The van der Waals surface area contributed by atoms with E-state index in [-0.39, 0.29) is 29.7 Å². The molecular weight excluding hydrogens is 437 g/mol. The number of anilines is 2. The number of rotatable bonds is 9. The molecule has 12 heteroatoms. The van der Waals surface area contributed by atoms with Crippen molar-refractivity contribution >= 4 is 29.6 Å². The van der Waals surface area contributed by atoms with E-state index in [1.54, 1.807) is 0 Å². The molecule has 0 radical (unpaired) electrons. The standard InChI is InChI=1S/C21H24FN5O6/c22-14-8-12(18(30)25-15(20(32)33)5-6-16(28)29)4-3-11(14)2-1-10-7-13-17(24-9-10)26-21(23)27-19(13)31/h3-4,8,10,15H,1-2,5-7,9H2,(H,25,30)(H,28,29)(H,32,33)(H4,23,24,26,27,31)/t10?,15-/m0/s1.